The minimum atomic E-state index is -0.906. The highest BCUT2D eigenvalue weighted by Crippen LogP contribution is 2.66. The van der Waals surface area contributed by atoms with Crippen molar-refractivity contribution in [3.8, 4) is 12.3 Å². The van der Waals surface area contributed by atoms with Crippen LogP contribution in [-0.2, 0) is 0 Å². The zero-order valence-electron chi connectivity index (χ0n) is 14.5. The van der Waals surface area contributed by atoms with E-state index in [2.05, 4.69) is 25.8 Å². The third-order valence-electron chi connectivity index (χ3n) is 8.47. The van der Waals surface area contributed by atoms with E-state index in [9.17, 15) is 10.2 Å². The van der Waals surface area contributed by atoms with E-state index >= 15 is 0 Å². The van der Waals surface area contributed by atoms with Crippen molar-refractivity contribution in [1.29, 1.82) is 0 Å². The summed E-state index contributed by atoms with van der Waals surface area (Å²) in [5, 5.41) is 21.0. The Morgan fingerprint density at radius 3 is 2.61 bits per heavy atom. The van der Waals surface area contributed by atoms with Crippen molar-refractivity contribution in [3.05, 3.63) is 11.6 Å². The number of aliphatic hydroxyl groups is 2. The SMILES string of the molecule is C#C[C@]1(O)CC[C@@H]2[C@@H]3CC=C4C[C@H](O)CC[C@@]4(C)[C@H]3CC[C@]21C. The van der Waals surface area contributed by atoms with Gasteiger partial charge in [-0.15, -0.1) is 6.42 Å². The van der Waals surface area contributed by atoms with Crippen molar-refractivity contribution in [2.45, 2.75) is 76.9 Å². The van der Waals surface area contributed by atoms with Crippen LogP contribution in [0.1, 0.15) is 65.2 Å². The predicted molar refractivity (Wildman–Crippen MR) is 91.5 cm³/mol. The predicted octanol–water partition coefficient (Wildman–Crippen LogP) is 3.67. The van der Waals surface area contributed by atoms with Crippen LogP contribution in [0.15, 0.2) is 11.6 Å². The molecular weight excluding hydrogens is 284 g/mol. The number of hydrogen-bond donors (Lipinski definition) is 2. The van der Waals surface area contributed by atoms with E-state index in [0.717, 1.165) is 44.9 Å². The molecule has 4 aliphatic rings. The molecule has 7 atom stereocenters. The van der Waals surface area contributed by atoms with Gasteiger partial charge in [0.05, 0.1) is 6.10 Å². The quantitative estimate of drug-likeness (QED) is 0.529. The molecule has 0 heterocycles. The number of aliphatic hydroxyl groups excluding tert-OH is 1. The van der Waals surface area contributed by atoms with Gasteiger partial charge >= 0.3 is 0 Å². The van der Waals surface area contributed by atoms with E-state index in [1.807, 2.05) is 0 Å². The molecule has 4 aliphatic carbocycles. The van der Waals surface area contributed by atoms with Gasteiger partial charge in [-0.05, 0) is 74.5 Å². The highest BCUT2D eigenvalue weighted by Gasteiger charge is 2.63. The Balaban J connectivity index is 1.69. The summed E-state index contributed by atoms with van der Waals surface area (Å²) in [6.07, 6.45) is 16.1. The van der Waals surface area contributed by atoms with Gasteiger partial charge in [0.2, 0.25) is 0 Å². The van der Waals surface area contributed by atoms with Crippen LogP contribution in [0.5, 0.6) is 0 Å². The smallest absolute Gasteiger partial charge is 0.130 e. The molecule has 23 heavy (non-hydrogen) atoms. The van der Waals surface area contributed by atoms with Crippen LogP contribution in [-0.4, -0.2) is 21.9 Å². The molecule has 2 heteroatoms. The summed E-state index contributed by atoms with van der Waals surface area (Å²) in [6, 6.07) is 0. The minimum Gasteiger partial charge on any atom is -0.393 e. The molecule has 0 aromatic carbocycles. The monoisotopic (exact) mass is 314 g/mol. The molecule has 2 nitrogen and oxygen atoms in total. The molecule has 3 saturated carbocycles. The largest absolute Gasteiger partial charge is 0.393 e. The molecule has 3 fully saturated rings. The normalized spacial score (nSPS) is 55.2. The zero-order chi connectivity index (χ0) is 16.5. The Kier molecular flexibility index (Phi) is 3.33. The standard InChI is InChI=1S/C21H30O2/c1-4-21(23)12-9-18-16-6-5-14-13-15(22)7-10-19(14,2)17(16)8-11-20(18,21)3/h1,5,15-18,22-23H,6-13H2,2-3H3/t15-,16-,17+,18-,19-,20-,21+/m1/s1. The second-order valence-corrected chi connectivity index (χ2v) is 9.16. The summed E-state index contributed by atoms with van der Waals surface area (Å²) >= 11 is 0. The van der Waals surface area contributed by atoms with Gasteiger partial charge in [0.25, 0.3) is 0 Å². The lowest BCUT2D eigenvalue weighted by molar-refractivity contribution is -0.0969. The molecule has 0 saturated heterocycles. The van der Waals surface area contributed by atoms with Crippen LogP contribution in [0.25, 0.3) is 0 Å². The van der Waals surface area contributed by atoms with Crippen LogP contribution >= 0.6 is 0 Å². The van der Waals surface area contributed by atoms with E-state index in [4.69, 9.17) is 6.42 Å². The van der Waals surface area contributed by atoms with E-state index < -0.39 is 5.60 Å². The Morgan fingerprint density at radius 1 is 1.13 bits per heavy atom. The van der Waals surface area contributed by atoms with Crippen LogP contribution in [0.4, 0.5) is 0 Å². The van der Waals surface area contributed by atoms with E-state index in [1.165, 1.54) is 12.0 Å². The van der Waals surface area contributed by atoms with Crippen molar-refractivity contribution >= 4 is 0 Å². The van der Waals surface area contributed by atoms with Crippen LogP contribution in [0.3, 0.4) is 0 Å². The molecule has 2 N–H and O–H groups in total. The molecule has 126 valence electrons. The van der Waals surface area contributed by atoms with Gasteiger partial charge in [-0.1, -0.05) is 31.4 Å². The van der Waals surface area contributed by atoms with Crippen molar-refractivity contribution < 1.29 is 10.2 Å². The number of terminal acetylenes is 1. The first-order chi connectivity index (χ1) is 10.8. The summed E-state index contributed by atoms with van der Waals surface area (Å²) < 4.78 is 0. The lowest BCUT2D eigenvalue weighted by Gasteiger charge is -2.58. The highest BCUT2D eigenvalue weighted by molar-refractivity contribution is 5.28. The molecule has 0 amide bonds. The van der Waals surface area contributed by atoms with Crippen LogP contribution < -0.4 is 0 Å². The molecule has 0 spiro atoms. The molecule has 0 unspecified atom stereocenters. The van der Waals surface area contributed by atoms with Gasteiger partial charge in [-0.3, -0.25) is 0 Å². The highest BCUT2D eigenvalue weighted by atomic mass is 16.3. The van der Waals surface area contributed by atoms with Crippen molar-refractivity contribution in [3.63, 3.8) is 0 Å². The van der Waals surface area contributed by atoms with E-state index in [-0.39, 0.29) is 16.9 Å². The van der Waals surface area contributed by atoms with Gasteiger partial charge in [-0.25, -0.2) is 0 Å². The Bertz CT molecular complexity index is 587. The molecule has 0 radical (unpaired) electrons. The maximum atomic E-state index is 11.0. The fourth-order valence-corrected chi connectivity index (χ4v) is 6.89. The average Bonchev–Trinajstić information content (AvgIpc) is 2.80. The van der Waals surface area contributed by atoms with Crippen LogP contribution in [0, 0.1) is 40.9 Å². The molecular formula is C21H30O2. The van der Waals surface area contributed by atoms with Crippen molar-refractivity contribution in [2.24, 2.45) is 28.6 Å². The lowest BCUT2D eigenvalue weighted by Crippen LogP contribution is -2.54. The minimum absolute atomic E-state index is 0.112. The summed E-state index contributed by atoms with van der Waals surface area (Å²) in [7, 11) is 0. The molecule has 4 rings (SSSR count). The summed E-state index contributed by atoms with van der Waals surface area (Å²) in [6.45, 7) is 4.68. The van der Waals surface area contributed by atoms with E-state index in [0.29, 0.717) is 17.8 Å². The second kappa shape index (κ2) is 4.87. The van der Waals surface area contributed by atoms with Gasteiger partial charge in [0.1, 0.15) is 5.60 Å². The van der Waals surface area contributed by atoms with Gasteiger partial charge < -0.3 is 10.2 Å². The molecule has 0 bridgehead atoms. The third-order valence-corrected chi connectivity index (χ3v) is 8.47. The summed E-state index contributed by atoms with van der Waals surface area (Å²) in [5.41, 5.74) is 0.751. The number of rotatable bonds is 0. The maximum Gasteiger partial charge on any atom is 0.130 e. The summed E-state index contributed by atoms with van der Waals surface area (Å²) in [5.74, 6) is 4.65. The van der Waals surface area contributed by atoms with Gasteiger partial charge in [-0.2, -0.15) is 0 Å². The molecule has 0 aromatic rings. The topological polar surface area (TPSA) is 40.5 Å². The summed E-state index contributed by atoms with van der Waals surface area (Å²) in [4.78, 5) is 0. The Morgan fingerprint density at radius 2 is 1.87 bits per heavy atom. The molecule has 0 aliphatic heterocycles. The first-order valence-electron chi connectivity index (χ1n) is 9.42. The number of hydrogen-bond acceptors (Lipinski definition) is 2. The first-order valence-corrected chi connectivity index (χ1v) is 9.42. The van der Waals surface area contributed by atoms with E-state index in [1.54, 1.807) is 0 Å². The van der Waals surface area contributed by atoms with Gasteiger partial charge in [0.15, 0.2) is 0 Å². The fourth-order valence-electron chi connectivity index (χ4n) is 6.89. The Labute approximate surface area is 140 Å². The van der Waals surface area contributed by atoms with Crippen molar-refractivity contribution in [2.75, 3.05) is 0 Å². The van der Waals surface area contributed by atoms with Crippen LogP contribution in [0.2, 0.25) is 0 Å². The Hall–Kier alpha value is -0.780. The fraction of sp³-hybridized carbons (Fsp3) is 0.810. The lowest BCUT2D eigenvalue weighted by atomic mass is 9.47. The number of fused-ring (bicyclic) bond motifs is 5. The van der Waals surface area contributed by atoms with Gasteiger partial charge in [0, 0.05) is 5.41 Å². The molecule has 0 aromatic heterocycles. The number of allylic oxidation sites excluding steroid dienone is 1. The first kappa shape index (κ1) is 15.7. The average molecular weight is 314 g/mol. The van der Waals surface area contributed by atoms with Crippen molar-refractivity contribution in [1.82, 2.24) is 0 Å². The third kappa shape index (κ3) is 1.90. The maximum absolute atomic E-state index is 11.0. The second-order valence-electron chi connectivity index (χ2n) is 9.16. The zero-order valence-corrected chi connectivity index (χ0v) is 14.5.